The third kappa shape index (κ3) is 9.52. The molecule has 4 aromatic rings. The molecule has 1 atom stereocenters. The van der Waals surface area contributed by atoms with Gasteiger partial charge in [0.1, 0.15) is 23.4 Å². The van der Waals surface area contributed by atoms with Crippen molar-refractivity contribution in [3.8, 4) is 11.5 Å². The minimum Gasteiger partial charge on any atom is -0.497 e. The fourth-order valence-corrected chi connectivity index (χ4v) is 5.51. The zero-order valence-corrected chi connectivity index (χ0v) is 25.4. The Morgan fingerprint density at radius 3 is 2.13 bits per heavy atom. The predicted molar refractivity (Wildman–Crippen MR) is 167 cm³/mol. The van der Waals surface area contributed by atoms with E-state index in [2.05, 4.69) is 10.0 Å². The molecule has 0 saturated heterocycles. The molecule has 0 radical (unpaired) electrons. The van der Waals surface area contributed by atoms with Gasteiger partial charge in [-0.25, -0.2) is 12.8 Å². The second-order valence-electron chi connectivity index (χ2n) is 9.96. The number of rotatable bonds is 15. The number of ether oxygens (including phenoxy) is 2. The highest BCUT2D eigenvalue weighted by molar-refractivity contribution is 7.92. The number of hydrogen-bond donors (Lipinski definition) is 3. The minimum atomic E-state index is -3.96. The van der Waals surface area contributed by atoms with Crippen molar-refractivity contribution in [3.05, 3.63) is 120 Å². The number of amides is 2. The quantitative estimate of drug-likeness (QED) is 0.181. The van der Waals surface area contributed by atoms with E-state index in [1.807, 2.05) is 30.3 Å². The predicted octanol–water partition coefficient (Wildman–Crippen LogP) is 3.76. The summed E-state index contributed by atoms with van der Waals surface area (Å²) in [6.45, 7) is -0.585. The van der Waals surface area contributed by atoms with Gasteiger partial charge in [0.2, 0.25) is 5.91 Å². The van der Waals surface area contributed by atoms with E-state index >= 15 is 0 Å². The molecule has 0 aliphatic carbocycles. The van der Waals surface area contributed by atoms with Gasteiger partial charge in [0, 0.05) is 25.2 Å². The Balaban J connectivity index is 1.52. The van der Waals surface area contributed by atoms with Crippen molar-refractivity contribution in [1.82, 2.24) is 10.2 Å². The molecule has 12 heteroatoms. The molecular formula is C33H34FN3O7S. The van der Waals surface area contributed by atoms with Crippen LogP contribution in [0.1, 0.15) is 11.1 Å². The smallest absolute Gasteiger partial charge is 0.261 e. The maximum Gasteiger partial charge on any atom is 0.261 e. The molecule has 0 aromatic heterocycles. The van der Waals surface area contributed by atoms with Crippen molar-refractivity contribution < 1.29 is 37.0 Å². The lowest BCUT2D eigenvalue weighted by molar-refractivity contribution is -0.142. The standard InChI is InChI=1S/C33H34FN3O7S/c1-43-28-13-7-25(8-14-28)22-37(31(33(40)35-19-20-38)21-24-5-3-2-4-6-24)32(39)23-44-29-15-17-30(18-16-29)45(41,42)36-27-11-9-26(34)10-12-27/h2-18,31,36,38H,19-23H2,1H3,(H,35,40)/t31-/m0/s1. The van der Waals surface area contributed by atoms with Crippen LogP contribution in [-0.2, 0) is 32.6 Å². The summed E-state index contributed by atoms with van der Waals surface area (Å²) < 4.78 is 52.1. The molecule has 10 nitrogen and oxygen atoms in total. The monoisotopic (exact) mass is 635 g/mol. The second kappa shape index (κ2) is 15.7. The van der Waals surface area contributed by atoms with Crippen LogP contribution in [-0.4, -0.2) is 63.1 Å². The average molecular weight is 636 g/mol. The summed E-state index contributed by atoms with van der Waals surface area (Å²) >= 11 is 0. The Hall–Kier alpha value is -4.94. The number of halogens is 1. The van der Waals surface area contributed by atoms with Gasteiger partial charge in [0.15, 0.2) is 6.61 Å². The first kappa shape index (κ1) is 33.0. The summed E-state index contributed by atoms with van der Waals surface area (Å²) in [7, 11) is -2.41. The van der Waals surface area contributed by atoms with Crippen LogP contribution in [0.5, 0.6) is 11.5 Å². The Morgan fingerprint density at radius 2 is 1.51 bits per heavy atom. The van der Waals surface area contributed by atoms with Gasteiger partial charge in [-0.3, -0.25) is 14.3 Å². The lowest BCUT2D eigenvalue weighted by atomic mass is 10.0. The first-order chi connectivity index (χ1) is 21.7. The second-order valence-corrected chi connectivity index (χ2v) is 11.6. The number of hydrogen-bond acceptors (Lipinski definition) is 7. The van der Waals surface area contributed by atoms with Gasteiger partial charge < -0.3 is 24.8 Å². The number of carbonyl (C=O) groups is 2. The molecule has 0 aliphatic heterocycles. The Morgan fingerprint density at radius 1 is 0.867 bits per heavy atom. The van der Waals surface area contributed by atoms with Gasteiger partial charge in [-0.2, -0.15) is 0 Å². The summed E-state index contributed by atoms with van der Waals surface area (Å²) in [6, 6.07) is 25.8. The first-order valence-corrected chi connectivity index (χ1v) is 15.5. The number of nitrogens with zero attached hydrogens (tertiary/aromatic N) is 1. The number of aliphatic hydroxyl groups excluding tert-OH is 1. The zero-order chi connectivity index (χ0) is 32.2. The zero-order valence-electron chi connectivity index (χ0n) is 24.6. The number of methoxy groups -OCH3 is 1. The number of anilines is 1. The van der Waals surface area contributed by atoms with Crippen molar-refractivity contribution in [3.63, 3.8) is 0 Å². The molecule has 236 valence electrons. The molecule has 0 aliphatic rings. The molecule has 4 aromatic carbocycles. The fraction of sp³-hybridized carbons (Fsp3) is 0.212. The molecule has 0 saturated carbocycles. The lowest BCUT2D eigenvalue weighted by Crippen LogP contribution is -2.52. The van der Waals surface area contributed by atoms with Crippen LogP contribution < -0.4 is 19.5 Å². The van der Waals surface area contributed by atoms with Crippen LogP contribution in [0.15, 0.2) is 108 Å². The molecular weight excluding hydrogens is 601 g/mol. The number of sulfonamides is 1. The van der Waals surface area contributed by atoms with Crippen molar-refractivity contribution in [2.75, 3.05) is 31.6 Å². The topological polar surface area (TPSA) is 134 Å². The van der Waals surface area contributed by atoms with Crippen LogP contribution >= 0.6 is 0 Å². The van der Waals surface area contributed by atoms with Gasteiger partial charge >= 0.3 is 0 Å². The highest BCUT2D eigenvalue weighted by atomic mass is 32.2. The number of nitrogens with one attached hydrogen (secondary N) is 2. The highest BCUT2D eigenvalue weighted by Crippen LogP contribution is 2.21. The van der Waals surface area contributed by atoms with Gasteiger partial charge in [-0.15, -0.1) is 0 Å². The lowest BCUT2D eigenvalue weighted by Gasteiger charge is -2.31. The van der Waals surface area contributed by atoms with E-state index in [0.717, 1.165) is 23.3 Å². The van der Waals surface area contributed by atoms with Gasteiger partial charge in [-0.05, 0) is 71.8 Å². The van der Waals surface area contributed by atoms with E-state index in [9.17, 15) is 27.5 Å². The summed E-state index contributed by atoms with van der Waals surface area (Å²) in [5.74, 6) is -0.537. The minimum absolute atomic E-state index is 0.0243. The van der Waals surface area contributed by atoms with Crippen LogP contribution in [0.25, 0.3) is 0 Å². The molecule has 0 fully saturated rings. The third-order valence-corrected chi connectivity index (χ3v) is 8.18. The summed E-state index contributed by atoms with van der Waals surface area (Å²) in [5.41, 5.74) is 1.79. The van der Waals surface area contributed by atoms with Crippen molar-refractivity contribution >= 4 is 27.5 Å². The van der Waals surface area contributed by atoms with E-state index in [4.69, 9.17) is 9.47 Å². The van der Waals surface area contributed by atoms with E-state index in [1.54, 1.807) is 31.4 Å². The Bertz CT molecular complexity index is 1650. The first-order valence-electron chi connectivity index (χ1n) is 14.0. The van der Waals surface area contributed by atoms with Crippen molar-refractivity contribution in [1.29, 1.82) is 0 Å². The number of aliphatic hydroxyl groups is 1. The van der Waals surface area contributed by atoms with Gasteiger partial charge in [0.25, 0.3) is 15.9 Å². The van der Waals surface area contributed by atoms with Crippen LogP contribution in [0.2, 0.25) is 0 Å². The summed E-state index contributed by atoms with van der Waals surface area (Å²) in [4.78, 5) is 28.4. The van der Waals surface area contributed by atoms with Crippen LogP contribution in [0.3, 0.4) is 0 Å². The van der Waals surface area contributed by atoms with Crippen LogP contribution in [0.4, 0.5) is 10.1 Å². The molecule has 0 heterocycles. The Kier molecular flexibility index (Phi) is 11.5. The maximum atomic E-state index is 13.7. The van der Waals surface area contributed by atoms with E-state index in [-0.39, 0.29) is 42.4 Å². The molecule has 3 N–H and O–H groups in total. The van der Waals surface area contributed by atoms with E-state index < -0.39 is 40.3 Å². The van der Waals surface area contributed by atoms with E-state index in [0.29, 0.717) is 5.75 Å². The normalized spacial score (nSPS) is 11.7. The third-order valence-electron chi connectivity index (χ3n) is 6.79. The molecule has 0 spiro atoms. The van der Waals surface area contributed by atoms with Gasteiger partial charge in [0.05, 0.1) is 18.6 Å². The average Bonchev–Trinajstić information content (AvgIpc) is 3.06. The maximum absolute atomic E-state index is 13.7. The van der Waals surface area contributed by atoms with E-state index in [1.165, 1.54) is 41.3 Å². The fourth-order valence-electron chi connectivity index (χ4n) is 4.45. The van der Waals surface area contributed by atoms with Crippen molar-refractivity contribution in [2.45, 2.75) is 23.9 Å². The van der Waals surface area contributed by atoms with Crippen LogP contribution in [0, 0.1) is 5.82 Å². The highest BCUT2D eigenvalue weighted by Gasteiger charge is 2.30. The summed E-state index contributed by atoms with van der Waals surface area (Å²) in [5, 5.41) is 12.0. The largest absolute Gasteiger partial charge is 0.497 e. The SMILES string of the molecule is COc1ccc(CN(C(=O)COc2ccc(S(=O)(=O)Nc3ccc(F)cc3)cc2)[C@@H](Cc2ccccc2)C(=O)NCCO)cc1. The number of benzene rings is 4. The van der Waals surface area contributed by atoms with Crippen molar-refractivity contribution in [2.24, 2.45) is 0 Å². The molecule has 2 amide bonds. The van der Waals surface area contributed by atoms with Gasteiger partial charge in [-0.1, -0.05) is 42.5 Å². The molecule has 0 unspecified atom stereocenters. The Labute approximate surface area is 261 Å². The molecule has 4 rings (SSSR count). The summed E-state index contributed by atoms with van der Waals surface area (Å²) in [6.07, 6.45) is 0.216. The number of carbonyl (C=O) groups excluding carboxylic acids is 2. The molecule has 0 bridgehead atoms. The molecule has 45 heavy (non-hydrogen) atoms.